The van der Waals surface area contributed by atoms with Gasteiger partial charge in [0.25, 0.3) is 0 Å². The Morgan fingerprint density at radius 1 is 1.08 bits per heavy atom. The Bertz CT molecular complexity index is 897. The standard InChI is InChI=1S/C16H12F3N5O2/c17-16(18,19)26-14-7-2-1-6-13(14)22-15(25)21-11-4-3-5-12(10-11)24-9-8-20-23-24/h1-10H,(H2,21,22,25). The zero-order valence-electron chi connectivity index (χ0n) is 13.1. The number of carbonyl (C=O) groups is 1. The SMILES string of the molecule is O=C(Nc1cccc(-n2ccnn2)c1)Nc1ccccc1OC(F)(F)F. The first-order chi connectivity index (χ1) is 12.4. The van der Waals surface area contributed by atoms with Crippen LogP contribution in [-0.4, -0.2) is 27.4 Å². The second-order valence-electron chi connectivity index (χ2n) is 5.02. The molecule has 1 heterocycles. The van der Waals surface area contributed by atoms with Crippen LogP contribution in [0.2, 0.25) is 0 Å². The summed E-state index contributed by atoms with van der Waals surface area (Å²) in [6, 6.07) is 11.2. The summed E-state index contributed by atoms with van der Waals surface area (Å²) >= 11 is 0. The fraction of sp³-hybridized carbons (Fsp3) is 0.0625. The van der Waals surface area contributed by atoms with Gasteiger partial charge in [0.05, 0.1) is 23.8 Å². The zero-order chi connectivity index (χ0) is 18.6. The first kappa shape index (κ1) is 17.3. The lowest BCUT2D eigenvalue weighted by Crippen LogP contribution is -2.22. The number of hydrogen-bond donors (Lipinski definition) is 2. The number of nitrogens with one attached hydrogen (secondary N) is 2. The van der Waals surface area contributed by atoms with Crippen molar-refractivity contribution in [2.24, 2.45) is 0 Å². The molecule has 3 rings (SSSR count). The van der Waals surface area contributed by atoms with Crippen LogP contribution >= 0.6 is 0 Å². The molecule has 3 aromatic rings. The van der Waals surface area contributed by atoms with Crippen LogP contribution in [0.25, 0.3) is 5.69 Å². The van der Waals surface area contributed by atoms with E-state index in [1.165, 1.54) is 29.1 Å². The summed E-state index contributed by atoms with van der Waals surface area (Å²) < 4.78 is 42.6. The summed E-state index contributed by atoms with van der Waals surface area (Å²) in [5.41, 5.74) is 0.959. The number of amides is 2. The molecule has 0 saturated heterocycles. The first-order valence-corrected chi connectivity index (χ1v) is 7.30. The Labute approximate surface area is 145 Å². The highest BCUT2D eigenvalue weighted by atomic mass is 19.4. The van der Waals surface area contributed by atoms with Crippen molar-refractivity contribution < 1.29 is 22.7 Å². The highest BCUT2D eigenvalue weighted by molar-refractivity contribution is 6.00. The van der Waals surface area contributed by atoms with E-state index in [9.17, 15) is 18.0 Å². The first-order valence-electron chi connectivity index (χ1n) is 7.30. The number of carbonyl (C=O) groups excluding carboxylic acids is 1. The number of anilines is 2. The van der Waals surface area contributed by atoms with Crippen LogP contribution < -0.4 is 15.4 Å². The third kappa shape index (κ3) is 4.50. The van der Waals surface area contributed by atoms with E-state index in [0.717, 1.165) is 6.07 Å². The number of nitrogens with zero attached hydrogens (tertiary/aromatic N) is 3. The van der Waals surface area contributed by atoms with Crippen molar-refractivity contribution in [3.05, 3.63) is 60.9 Å². The molecule has 0 aliphatic rings. The van der Waals surface area contributed by atoms with E-state index in [2.05, 4.69) is 25.7 Å². The van der Waals surface area contributed by atoms with Crippen molar-refractivity contribution in [2.45, 2.75) is 6.36 Å². The van der Waals surface area contributed by atoms with Crippen LogP contribution in [-0.2, 0) is 0 Å². The van der Waals surface area contributed by atoms with Crippen LogP contribution in [0.3, 0.4) is 0 Å². The molecule has 0 saturated carbocycles. The summed E-state index contributed by atoms with van der Waals surface area (Å²) in [6.07, 6.45) is -1.73. The van der Waals surface area contributed by atoms with Gasteiger partial charge in [0.2, 0.25) is 0 Å². The summed E-state index contributed by atoms with van der Waals surface area (Å²) in [5.74, 6) is -0.508. The number of hydrogen-bond acceptors (Lipinski definition) is 4. The number of benzene rings is 2. The molecule has 10 heteroatoms. The van der Waals surface area contributed by atoms with Crippen molar-refractivity contribution >= 4 is 17.4 Å². The van der Waals surface area contributed by atoms with Gasteiger partial charge in [0, 0.05) is 5.69 Å². The molecule has 0 spiro atoms. The number of halogens is 3. The molecule has 0 unspecified atom stereocenters. The Kier molecular flexibility index (Phi) is 4.74. The molecule has 0 radical (unpaired) electrons. The van der Waals surface area contributed by atoms with Gasteiger partial charge in [0.15, 0.2) is 5.75 Å². The average molecular weight is 363 g/mol. The molecular formula is C16H12F3N5O2. The highest BCUT2D eigenvalue weighted by Crippen LogP contribution is 2.30. The number of ether oxygens (including phenoxy) is 1. The Morgan fingerprint density at radius 3 is 2.62 bits per heavy atom. The van der Waals surface area contributed by atoms with E-state index in [1.54, 1.807) is 30.5 Å². The molecule has 0 fully saturated rings. The molecule has 1 aromatic heterocycles. The van der Waals surface area contributed by atoms with Gasteiger partial charge in [-0.1, -0.05) is 23.4 Å². The van der Waals surface area contributed by atoms with Crippen molar-refractivity contribution in [1.29, 1.82) is 0 Å². The lowest BCUT2D eigenvalue weighted by Gasteiger charge is -2.14. The number of alkyl halides is 3. The van der Waals surface area contributed by atoms with E-state index >= 15 is 0 Å². The largest absolute Gasteiger partial charge is 0.573 e. The van der Waals surface area contributed by atoms with Gasteiger partial charge in [-0.3, -0.25) is 0 Å². The van der Waals surface area contributed by atoms with E-state index in [4.69, 9.17) is 0 Å². The maximum atomic E-state index is 12.4. The van der Waals surface area contributed by atoms with E-state index in [0.29, 0.717) is 11.4 Å². The van der Waals surface area contributed by atoms with Crippen LogP contribution in [0.4, 0.5) is 29.3 Å². The van der Waals surface area contributed by atoms with Crippen molar-refractivity contribution in [3.63, 3.8) is 0 Å². The topological polar surface area (TPSA) is 81.1 Å². The Balaban J connectivity index is 1.71. The van der Waals surface area contributed by atoms with E-state index in [1.807, 2.05) is 0 Å². The van der Waals surface area contributed by atoms with Gasteiger partial charge in [0.1, 0.15) is 0 Å². The summed E-state index contributed by atoms with van der Waals surface area (Å²) in [6.45, 7) is 0. The molecular weight excluding hydrogens is 351 g/mol. The van der Waals surface area contributed by atoms with Gasteiger partial charge in [-0.05, 0) is 30.3 Å². The third-order valence-electron chi connectivity index (χ3n) is 3.15. The maximum Gasteiger partial charge on any atom is 0.573 e. The van der Waals surface area contributed by atoms with Gasteiger partial charge in [-0.15, -0.1) is 18.3 Å². The predicted octanol–water partition coefficient (Wildman–Crippen LogP) is 3.81. The molecule has 0 bridgehead atoms. The van der Waals surface area contributed by atoms with Crippen LogP contribution in [0.1, 0.15) is 0 Å². The lowest BCUT2D eigenvalue weighted by atomic mass is 10.2. The molecule has 2 N–H and O–H groups in total. The maximum absolute atomic E-state index is 12.4. The van der Waals surface area contributed by atoms with Crippen molar-refractivity contribution in [3.8, 4) is 11.4 Å². The lowest BCUT2D eigenvalue weighted by molar-refractivity contribution is -0.274. The monoisotopic (exact) mass is 363 g/mol. The fourth-order valence-corrected chi connectivity index (χ4v) is 2.14. The highest BCUT2D eigenvalue weighted by Gasteiger charge is 2.32. The number of aromatic nitrogens is 3. The van der Waals surface area contributed by atoms with Crippen molar-refractivity contribution in [1.82, 2.24) is 15.0 Å². The molecule has 2 amide bonds. The molecule has 7 nitrogen and oxygen atoms in total. The fourth-order valence-electron chi connectivity index (χ4n) is 2.14. The van der Waals surface area contributed by atoms with Crippen LogP contribution in [0, 0.1) is 0 Å². The predicted molar refractivity (Wildman–Crippen MR) is 87.1 cm³/mol. The van der Waals surface area contributed by atoms with E-state index in [-0.39, 0.29) is 5.69 Å². The van der Waals surface area contributed by atoms with Crippen LogP contribution in [0.5, 0.6) is 5.75 Å². The Morgan fingerprint density at radius 2 is 1.88 bits per heavy atom. The minimum atomic E-state index is -4.86. The molecule has 0 atom stereocenters. The number of rotatable bonds is 4. The van der Waals surface area contributed by atoms with Gasteiger partial charge >= 0.3 is 12.4 Å². The number of para-hydroxylation sites is 2. The molecule has 0 aliphatic carbocycles. The molecule has 134 valence electrons. The summed E-state index contributed by atoms with van der Waals surface area (Å²) in [5, 5.41) is 12.4. The molecule has 26 heavy (non-hydrogen) atoms. The quantitative estimate of drug-likeness (QED) is 0.739. The van der Waals surface area contributed by atoms with Gasteiger partial charge < -0.3 is 15.4 Å². The van der Waals surface area contributed by atoms with Gasteiger partial charge in [-0.2, -0.15) is 0 Å². The minimum absolute atomic E-state index is 0.116. The summed E-state index contributed by atoms with van der Waals surface area (Å²) in [4.78, 5) is 12.1. The van der Waals surface area contributed by atoms with E-state index < -0.39 is 18.1 Å². The second kappa shape index (κ2) is 7.13. The minimum Gasteiger partial charge on any atom is -0.404 e. The smallest absolute Gasteiger partial charge is 0.404 e. The Hall–Kier alpha value is -3.56. The van der Waals surface area contributed by atoms with Gasteiger partial charge in [-0.25, -0.2) is 9.48 Å². The van der Waals surface area contributed by atoms with Crippen molar-refractivity contribution in [2.75, 3.05) is 10.6 Å². The normalized spacial score (nSPS) is 11.0. The number of urea groups is 1. The molecule has 2 aromatic carbocycles. The third-order valence-corrected chi connectivity index (χ3v) is 3.15. The average Bonchev–Trinajstić information content (AvgIpc) is 3.10. The molecule has 0 aliphatic heterocycles. The second-order valence-corrected chi connectivity index (χ2v) is 5.02. The zero-order valence-corrected chi connectivity index (χ0v) is 13.1. The summed E-state index contributed by atoms with van der Waals surface area (Å²) in [7, 11) is 0. The van der Waals surface area contributed by atoms with Crippen LogP contribution in [0.15, 0.2) is 60.9 Å².